The van der Waals surface area contributed by atoms with Crippen LogP contribution in [-0.4, -0.2) is 9.55 Å². The van der Waals surface area contributed by atoms with Crippen molar-refractivity contribution in [2.24, 2.45) is 7.05 Å². The van der Waals surface area contributed by atoms with Gasteiger partial charge in [0.25, 0.3) is 0 Å². The Morgan fingerprint density at radius 2 is 2.18 bits per heavy atom. The lowest BCUT2D eigenvalue weighted by atomic mass is 10.5. The molecule has 0 radical (unpaired) electrons. The molecule has 2 nitrogen and oxygen atoms in total. The van der Waals surface area contributed by atoms with Crippen LogP contribution < -0.4 is 0 Å². The second-order valence-corrected chi connectivity index (χ2v) is 4.00. The zero-order valence-electron chi connectivity index (χ0n) is 6.88. The van der Waals surface area contributed by atoms with Gasteiger partial charge in [0.1, 0.15) is 16.2 Å². The van der Waals surface area contributed by atoms with Crippen LogP contribution in [0.15, 0.2) is 6.07 Å². The Balaban J connectivity index is 2.88. The number of hydrogen-bond donors (Lipinski definition) is 0. The maximum atomic E-state index is 4.41. The summed E-state index contributed by atoms with van der Waals surface area (Å²) in [6.45, 7) is 4.14. The van der Waals surface area contributed by atoms with E-state index in [4.69, 9.17) is 0 Å². The van der Waals surface area contributed by atoms with Gasteiger partial charge in [0.2, 0.25) is 0 Å². The fourth-order valence-corrected chi connectivity index (χ4v) is 2.16. The molecule has 11 heavy (non-hydrogen) atoms. The third-order valence-corrected chi connectivity index (χ3v) is 3.01. The average Bonchev–Trinajstić information content (AvgIpc) is 2.37. The van der Waals surface area contributed by atoms with Crippen molar-refractivity contribution < 1.29 is 0 Å². The van der Waals surface area contributed by atoms with Crippen molar-refractivity contribution in [1.82, 2.24) is 9.55 Å². The summed E-state index contributed by atoms with van der Waals surface area (Å²) in [5.41, 5.74) is 1.13. The summed E-state index contributed by atoms with van der Waals surface area (Å²) < 4.78 is 2.13. The van der Waals surface area contributed by atoms with Crippen molar-refractivity contribution in [3.05, 3.63) is 16.8 Å². The van der Waals surface area contributed by atoms with E-state index in [1.165, 1.54) is 9.71 Å². The van der Waals surface area contributed by atoms with Crippen LogP contribution in [0, 0.1) is 13.8 Å². The molecule has 0 spiro atoms. The highest BCUT2D eigenvalue weighted by Gasteiger charge is 2.05. The van der Waals surface area contributed by atoms with E-state index in [0.717, 1.165) is 11.3 Å². The Bertz CT molecular complexity index is 397. The molecule has 0 fully saturated rings. The Morgan fingerprint density at radius 3 is 2.82 bits per heavy atom. The number of aryl methyl sites for hydroxylation is 3. The number of aromatic nitrogens is 2. The lowest BCUT2D eigenvalue weighted by Gasteiger charge is -1.91. The van der Waals surface area contributed by atoms with Gasteiger partial charge in [0, 0.05) is 11.9 Å². The summed E-state index contributed by atoms with van der Waals surface area (Å²) >= 11 is 1.80. The monoisotopic (exact) mass is 166 g/mol. The number of fused-ring (bicyclic) bond motifs is 1. The first kappa shape index (κ1) is 6.85. The molecule has 3 heteroatoms. The van der Waals surface area contributed by atoms with Crippen LogP contribution in [0.1, 0.15) is 10.7 Å². The van der Waals surface area contributed by atoms with Crippen LogP contribution in [0.4, 0.5) is 0 Å². The summed E-state index contributed by atoms with van der Waals surface area (Å²) in [6.07, 6.45) is 0. The van der Waals surface area contributed by atoms with Crippen molar-refractivity contribution >= 4 is 21.7 Å². The van der Waals surface area contributed by atoms with Gasteiger partial charge in [-0.25, -0.2) is 4.98 Å². The molecule has 0 saturated heterocycles. The van der Waals surface area contributed by atoms with Crippen LogP contribution in [0.5, 0.6) is 0 Å². The van der Waals surface area contributed by atoms with Crippen LogP contribution >= 0.6 is 11.3 Å². The molecule has 2 rings (SSSR count). The van der Waals surface area contributed by atoms with Crippen LogP contribution in [0.2, 0.25) is 0 Å². The predicted octanol–water partition coefficient (Wildman–Crippen LogP) is 2.25. The number of rotatable bonds is 0. The van der Waals surface area contributed by atoms with Gasteiger partial charge in [0.05, 0.1) is 0 Å². The van der Waals surface area contributed by atoms with Gasteiger partial charge >= 0.3 is 0 Å². The maximum Gasteiger partial charge on any atom is 0.122 e. The smallest absolute Gasteiger partial charge is 0.122 e. The molecule has 0 aliphatic heterocycles. The highest BCUT2D eigenvalue weighted by Crippen LogP contribution is 2.24. The molecule has 2 aromatic heterocycles. The van der Waals surface area contributed by atoms with E-state index in [9.17, 15) is 0 Å². The molecular formula is C8H10N2S. The minimum Gasteiger partial charge on any atom is -0.323 e. The van der Waals surface area contributed by atoms with Crippen molar-refractivity contribution in [2.45, 2.75) is 13.8 Å². The van der Waals surface area contributed by atoms with E-state index in [2.05, 4.69) is 29.6 Å². The minimum absolute atomic E-state index is 1.09. The molecule has 2 heterocycles. The van der Waals surface area contributed by atoms with E-state index in [0.29, 0.717) is 0 Å². The quantitative estimate of drug-likeness (QED) is 0.587. The highest BCUT2D eigenvalue weighted by molar-refractivity contribution is 7.18. The van der Waals surface area contributed by atoms with Crippen LogP contribution in [0.25, 0.3) is 10.3 Å². The fraction of sp³-hybridized carbons (Fsp3) is 0.375. The first-order chi connectivity index (χ1) is 5.18. The van der Waals surface area contributed by atoms with Gasteiger partial charge in [-0.3, -0.25) is 0 Å². The fourth-order valence-electron chi connectivity index (χ4n) is 1.21. The lowest BCUT2D eigenvalue weighted by Crippen LogP contribution is -1.88. The topological polar surface area (TPSA) is 17.8 Å². The van der Waals surface area contributed by atoms with Gasteiger partial charge in [-0.1, -0.05) is 0 Å². The molecule has 58 valence electrons. The Kier molecular flexibility index (Phi) is 1.29. The number of nitrogens with zero attached hydrogens (tertiary/aromatic N) is 2. The summed E-state index contributed by atoms with van der Waals surface area (Å²) in [5, 5.41) is 0. The molecule has 0 aliphatic carbocycles. The summed E-state index contributed by atoms with van der Waals surface area (Å²) in [6, 6.07) is 2.13. The first-order valence-electron chi connectivity index (χ1n) is 3.58. The normalized spacial score (nSPS) is 11.2. The van der Waals surface area contributed by atoms with Gasteiger partial charge in [-0.05, 0) is 19.9 Å². The van der Waals surface area contributed by atoms with Gasteiger partial charge < -0.3 is 4.57 Å². The number of imidazole rings is 1. The third kappa shape index (κ3) is 0.878. The van der Waals surface area contributed by atoms with Crippen LogP contribution in [0.3, 0.4) is 0 Å². The number of thiophene rings is 1. The van der Waals surface area contributed by atoms with Crippen molar-refractivity contribution in [3.63, 3.8) is 0 Å². The molecule has 0 unspecified atom stereocenters. The van der Waals surface area contributed by atoms with Crippen molar-refractivity contribution in [1.29, 1.82) is 0 Å². The Hall–Kier alpha value is -0.830. The SMILES string of the molecule is Cc1cc2nc(C)n(C)c2s1. The summed E-state index contributed by atoms with van der Waals surface area (Å²) in [4.78, 5) is 7.02. The molecule has 0 atom stereocenters. The molecule has 0 bridgehead atoms. The minimum atomic E-state index is 1.09. The van der Waals surface area contributed by atoms with E-state index < -0.39 is 0 Å². The zero-order valence-corrected chi connectivity index (χ0v) is 7.70. The second kappa shape index (κ2) is 2.08. The third-order valence-electron chi connectivity index (χ3n) is 1.89. The van der Waals surface area contributed by atoms with E-state index in [-0.39, 0.29) is 0 Å². The largest absolute Gasteiger partial charge is 0.323 e. The van der Waals surface area contributed by atoms with Gasteiger partial charge in [-0.15, -0.1) is 11.3 Å². The molecule has 0 aliphatic rings. The average molecular weight is 166 g/mol. The lowest BCUT2D eigenvalue weighted by molar-refractivity contribution is 0.891. The molecular weight excluding hydrogens is 156 g/mol. The molecule has 0 N–H and O–H groups in total. The van der Waals surface area contributed by atoms with E-state index >= 15 is 0 Å². The predicted molar refractivity (Wildman–Crippen MR) is 48.1 cm³/mol. The number of hydrogen-bond acceptors (Lipinski definition) is 2. The standard InChI is InChI=1S/C8H10N2S/c1-5-4-7-8(11-5)10(3)6(2)9-7/h4H,1-3H3. The Morgan fingerprint density at radius 1 is 1.45 bits per heavy atom. The van der Waals surface area contributed by atoms with Gasteiger partial charge in [-0.2, -0.15) is 0 Å². The summed E-state index contributed by atoms with van der Waals surface area (Å²) in [5.74, 6) is 1.09. The molecule has 0 saturated carbocycles. The van der Waals surface area contributed by atoms with Crippen LogP contribution in [-0.2, 0) is 7.05 Å². The first-order valence-corrected chi connectivity index (χ1v) is 4.39. The summed E-state index contributed by atoms with van der Waals surface area (Å²) in [7, 11) is 2.06. The maximum absolute atomic E-state index is 4.41. The second-order valence-electron chi connectivity index (χ2n) is 2.77. The zero-order chi connectivity index (χ0) is 8.01. The van der Waals surface area contributed by atoms with Crippen molar-refractivity contribution in [2.75, 3.05) is 0 Å². The highest BCUT2D eigenvalue weighted by atomic mass is 32.1. The molecule has 0 aromatic carbocycles. The van der Waals surface area contributed by atoms with E-state index in [1.807, 2.05) is 6.92 Å². The van der Waals surface area contributed by atoms with Crippen molar-refractivity contribution in [3.8, 4) is 0 Å². The van der Waals surface area contributed by atoms with Gasteiger partial charge in [0.15, 0.2) is 0 Å². The Labute approximate surface area is 69.5 Å². The van der Waals surface area contributed by atoms with E-state index in [1.54, 1.807) is 11.3 Å². The molecule has 2 aromatic rings. The molecule has 0 amide bonds.